The van der Waals surface area contributed by atoms with Gasteiger partial charge >= 0.3 is 0 Å². The van der Waals surface area contributed by atoms with Crippen LogP contribution in [0.5, 0.6) is 11.5 Å². The lowest BCUT2D eigenvalue weighted by Crippen LogP contribution is -2.51. The third kappa shape index (κ3) is 5.50. The Morgan fingerprint density at radius 3 is 2.17 bits per heavy atom. The van der Waals surface area contributed by atoms with E-state index in [4.69, 9.17) is 9.47 Å². The Kier molecular flexibility index (Phi) is 6.91. The third-order valence-corrected chi connectivity index (χ3v) is 4.67. The summed E-state index contributed by atoms with van der Waals surface area (Å²) in [6.45, 7) is 5.44. The fourth-order valence-corrected chi connectivity index (χ4v) is 2.91. The molecule has 3 aromatic carbocycles. The molecule has 0 fully saturated rings. The maximum absolute atomic E-state index is 12.4. The van der Waals surface area contributed by atoms with Crippen molar-refractivity contribution in [1.82, 2.24) is 10.9 Å². The number of rotatable bonds is 7. The van der Waals surface area contributed by atoms with E-state index in [1.54, 1.807) is 6.92 Å². The zero-order chi connectivity index (χ0) is 21.5. The van der Waals surface area contributed by atoms with E-state index in [9.17, 15) is 9.59 Å². The molecule has 3 aromatic rings. The van der Waals surface area contributed by atoms with Crippen LogP contribution in [0.1, 0.15) is 25.8 Å². The van der Waals surface area contributed by atoms with Crippen molar-refractivity contribution in [3.63, 3.8) is 0 Å². The molecule has 0 radical (unpaired) electrons. The van der Waals surface area contributed by atoms with Crippen LogP contribution in [-0.4, -0.2) is 24.0 Å². The lowest BCUT2D eigenvalue weighted by atomic mass is 10.1. The van der Waals surface area contributed by atoms with E-state index >= 15 is 0 Å². The molecule has 0 bridgehead atoms. The zero-order valence-corrected chi connectivity index (χ0v) is 17.3. The molecule has 2 N–H and O–H groups in total. The first-order valence-corrected chi connectivity index (χ1v) is 9.94. The summed E-state index contributed by atoms with van der Waals surface area (Å²) in [7, 11) is 0. The average molecular weight is 406 g/mol. The van der Waals surface area contributed by atoms with Crippen LogP contribution >= 0.6 is 0 Å². The summed E-state index contributed by atoms with van der Waals surface area (Å²) in [4.78, 5) is 24.7. The standard InChI is InChI=1S/C24H26N2O4/c1-4-22(30-20-12-9-16(2)10-13-20)24(28)26-25-23(27)17(3)29-21-14-11-18-7-5-6-8-19(18)15-21/h5-15,17,22H,4H2,1-3H3,(H,25,27)(H,26,28)/t17-,22+/m0/s1. The molecule has 2 atom stereocenters. The van der Waals surface area contributed by atoms with E-state index < -0.39 is 24.0 Å². The molecular formula is C24H26N2O4. The summed E-state index contributed by atoms with van der Waals surface area (Å²) < 4.78 is 11.4. The lowest BCUT2D eigenvalue weighted by molar-refractivity contribution is -0.135. The second-order valence-corrected chi connectivity index (χ2v) is 7.08. The minimum Gasteiger partial charge on any atom is -0.481 e. The van der Waals surface area contributed by atoms with Gasteiger partial charge in [0.2, 0.25) is 0 Å². The number of aryl methyl sites for hydroxylation is 1. The van der Waals surface area contributed by atoms with E-state index in [0.717, 1.165) is 16.3 Å². The van der Waals surface area contributed by atoms with Gasteiger partial charge in [-0.3, -0.25) is 20.4 Å². The van der Waals surface area contributed by atoms with Crippen LogP contribution in [0.15, 0.2) is 66.7 Å². The van der Waals surface area contributed by atoms with Crippen molar-refractivity contribution in [2.24, 2.45) is 0 Å². The minimum atomic E-state index is -0.787. The second-order valence-electron chi connectivity index (χ2n) is 7.08. The number of ether oxygens (including phenoxy) is 2. The van der Waals surface area contributed by atoms with Gasteiger partial charge in [-0.15, -0.1) is 0 Å². The first kappa shape index (κ1) is 21.2. The Labute approximate surface area is 176 Å². The molecule has 0 saturated carbocycles. The Bertz CT molecular complexity index is 1020. The maximum atomic E-state index is 12.4. The molecule has 0 unspecified atom stereocenters. The first-order valence-electron chi connectivity index (χ1n) is 9.94. The van der Waals surface area contributed by atoms with Crippen molar-refractivity contribution >= 4 is 22.6 Å². The highest BCUT2D eigenvalue weighted by molar-refractivity contribution is 5.87. The topological polar surface area (TPSA) is 76.7 Å². The fraction of sp³-hybridized carbons (Fsp3) is 0.250. The van der Waals surface area contributed by atoms with E-state index in [-0.39, 0.29) is 0 Å². The smallest absolute Gasteiger partial charge is 0.279 e. The normalized spacial score (nSPS) is 12.6. The summed E-state index contributed by atoms with van der Waals surface area (Å²) in [5.41, 5.74) is 5.93. The number of hydrazine groups is 1. The van der Waals surface area contributed by atoms with Crippen molar-refractivity contribution in [2.75, 3.05) is 0 Å². The van der Waals surface area contributed by atoms with Gasteiger partial charge in [0.1, 0.15) is 11.5 Å². The number of carbonyl (C=O) groups excluding carboxylic acids is 2. The number of amides is 2. The van der Waals surface area contributed by atoms with E-state index in [2.05, 4.69) is 10.9 Å². The quantitative estimate of drug-likeness (QED) is 0.583. The van der Waals surface area contributed by atoms with Crippen LogP contribution in [0, 0.1) is 6.92 Å². The van der Waals surface area contributed by atoms with Crippen LogP contribution in [0.25, 0.3) is 10.8 Å². The number of benzene rings is 3. The van der Waals surface area contributed by atoms with Crippen molar-refractivity contribution in [1.29, 1.82) is 0 Å². The molecule has 2 amide bonds. The Morgan fingerprint density at radius 2 is 1.47 bits per heavy atom. The molecule has 6 nitrogen and oxygen atoms in total. The highest BCUT2D eigenvalue weighted by atomic mass is 16.5. The molecule has 0 aliphatic rings. The van der Waals surface area contributed by atoms with Gasteiger partial charge in [-0.2, -0.15) is 0 Å². The van der Waals surface area contributed by atoms with Gasteiger partial charge in [0.25, 0.3) is 11.8 Å². The largest absolute Gasteiger partial charge is 0.481 e. The van der Waals surface area contributed by atoms with Gasteiger partial charge in [-0.05, 0) is 55.3 Å². The average Bonchev–Trinajstić information content (AvgIpc) is 2.76. The van der Waals surface area contributed by atoms with Crippen LogP contribution in [0.3, 0.4) is 0 Å². The van der Waals surface area contributed by atoms with Crippen molar-refractivity contribution in [3.8, 4) is 11.5 Å². The molecule has 156 valence electrons. The number of hydrogen-bond donors (Lipinski definition) is 2. The monoisotopic (exact) mass is 406 g/mol. The first-order chi connectivity index (χ1) is 14.5. The SMILES string of the molecule is CC[C@@H](Oc1ccc(C)cc1)C(=O)NNC(=O)[C@H](C)Oc1ccc2ccccc2c1. The molecule has 6 heteroatoms. The third-order valence-electron chi connectivity index (χ3n) is 4.67. The molecule has 3 rings (SSSR count). The number of fused-ring (bicyclic) bond motifs is 1. The molecule has 0 spiro atoms. The fourth-order valence-electron chi connectivity index (χ4n) is 2.91. The predicted molar refractivity (Wildman–Crippen MR) is 116 cm³/mol. The molecule has 0 aromatic heterocycles. The molecule has 0 saturated heterocycles. The molecule has 0 aliphatic heterocycles. The van der Waals surface area contributed by atoms with E-state index in [0.29, 0.717) is 17.9 Å². The number of hydrogen-bond acceptors (Lipinski definition) is 4. The Balaban J connectivity index is 1.52. The molecule has 0 aliphatic carbocycles. The highest BCUT2D eigenvalue weighted by Crippen LogP contribution is 2.21. The second kappa shape index (κ2) is 9.78. The zero-order valence-electron chi connectivity index (χ0n) is 17.3. The van der Waals surface area contributed by atoms with Crippen LogP contribution in [0.4, 0.5) is 0 Å². The molecule has 0 heterocycles. The van der Waals surface area contributed by atoms with E-state index in [1.165, 1.54) is 0 Å². The Hall–Kier alpha value is -3.54. The van der Waals surface area contributed by atoms with Crippen molar-refractivity contribution < 1.29 is 19.1 Å². The van der Waals surface area contributed by atoms with Gasteiger partial charge in [-0.1, -0.05) is 55.0 Å². The molecule has 30 heavy (non-hydrogen) atoms. The van der Waals surface area contributed by atoms with Gasteiger partial charge in [-0.25, -0.2) is 0 Å². The van der Waals surface area contributed by atoms with E-state index in [1.807, 2.05) is 80.6 Å². The van der Waals surface area contributed by atoms with Crippen LogP contribution in [-0.2, 0) is 9.59 Å². The number of carbonyl (C=O) groups is 2. The summed E-state index contributed by atoms with van der Waals surface area (Å²) in [6.07, 6.45) is -1.05. The maximum Gasteiger partial charge on any atom is 0.279 e. The molecular weight excluding hydrogens is 380 g/mol. The summed E-state index contributed by atoms with van der Waals surface area (Å²) >= 11 is 0. The van der Waals surface area contributed by atoms with Crippen molar-refractivity contribution in [3.05, 3.63) is 72.3 Å². The Morgan fingerprint density at radius 1 is 0.833 bits per heavy atom. The van der Waals surface area contributed by atoms with Crippen molar-refractivity contribution in [2.45, 2.75) is 39.4 Å². The lowest BCUT2D eigenvalue weighted by Gasteiger charge is -2.19. The van der Waals surface area contributed by atoms with Gasteiger partial charge in [0.05, 0.1) is 0 Å². The number of nitrogens with one attached hydrogen (secondary N) is 2. The van der Waals surface area contributed by atoms with Gasteiger partial charge in [0, 0.05) is 0 Å². The van der Waals surface area contributed by atoms with Gasteiger partial charge < -0.3 is 9.47 Å². The minimum absolute atomic E-state index is 0.427. The summed E-state index contributed by atoms with van der Waals surface area (Å²) in [6, 6.07) is 21.0. The summed E-state index contributed by atoms with van der Waals surface area (Å²) in [5, 5.41) is 2.11. The van der Waals surface area contributed by atoms with Gasteiger partial charge in [0.15, 0.2) is 12.2 Å². The highest BCUT2D eigenvalue weighted by Gasteiger charge is 2.21. The van der Waals surface area contributed by atoms with Crippen LogP contribution in [0.2, 0.25) is 0 Å². The van der Waals surface area contributed by atoms with Crippen LogP contribution < -0.4 is 20.3 Å². The summed E-state index contributed by atoms with van der Waals surface area (Å²) in [5.74, 6) is 0.296. The predicted octanol–water partition coefficient (Wildman–Crippen LogP) is 3.92.